The van der Waals surface area contributed by atoms with Crippen LogP contribution < -0.4 is 5.32 Å². The van der Waals surface area contributed by atoms with Gasteiger partial charge in [0.2, 0.25) is 5.91 Å². The number of carbonyl (C=O) groups excluding carboxylic acids is 1. The fourth-order valence-electron chi connectivity index (χ4n) is 3.34. The monoisotopic (exact) mass is 342 g/mol. The van der Waals surface area contributed by atoms with Gasteiger partial charge in [-0.1, -0.05) is 30.3 Å². The minimum absolute atomic E-state index is 0.0474. The molecule has 0 saturated heterocycles. The third-order valence-corrected chi connectivity index (χ3v) is 4.85. The van der Waals surface area contributed by atoms with Crippen LogP contribution in [0.4, 0.5) is 0 Å². The van der Waals surface area contributed by atoms with Gasteiger partial charge in [0.1, 0.15) is 5.76 Å². The van der Waals surface area contributed by atoms with Crippen LogP contribution in [0.2, 0.25) is 0 Å². The van der Waals surface area contributed by atoms with Gasteiger partial charge in [-0.3, -0.25) is 9.69 Å². The molecule has 2 aromatic rings. The average molecular weight is 342 g/mol. The number of furan rings is 1. The van der Waals surface area contributed by atoms with E-state index in [9.17, 15) is 4.79 Å². The number of methoxy groups -OCH3 is 1. The van der Waals surface area contributed by atoms with Gasteiger partial charge in [0.05, 0.1) is 31.5 Å². The number of nitrogens with one attached hydrogen (secondary N) is 1. The average Bonchev–Trinajstić information content (AvgIpc) is 3.10. The third kappa shape index (κ3) is 4.50. The molecule has 0 spiro atoms. The maximum absolute atomic E-state index is 12.7. The van der Waals surface area contributed by atoms with Crippen LogP contribution in [0.15, 0.2) is 53.1 Å². The molecule has 1 aromatic carbocycles. The normalized spacial score (nSPS) is 15.8. The number of benzene rings is 1. The second kappa shape index (κ2) is 8.32. The third-order valence-electron chi connectivity index (χ3n) is 4.85. The predicted molar refractivity (Wildman–Crippen MR) is 96.0 cm³/mol. The summed E-state index contributed by atoms with van der Waals surface area (Å²) in [4.78, 5) is 14.8. The topological polar surface area (TPSA) is 54.7 Å². The van der Waals surface area contributed by atoms with Gasteiger partial charge in [-0.25, -0.2) is 0 Å². The molecule has 1 aliphatic rings. The Bertz CT molecular complexity index is 651. The molecule has 0 unspecified atom stereocenters. The quantitative estimate of drug-likeness (QED) is 0.761. The highest BCUT2D eigenvalue weighted by Crippen LogP contribution is 2.41. The lowest BCUT2D eigenvalue weighted by molar-refractivity contribution is -0.125. The summed E-state index contributed by atoms with van der Waals surface area (Å²) in [6.07, 6.45) is 4.80. The number of ether oxygens (including phenoxy) is 1. The lowest BCUT2D eigenvalue weighted by atomic mass is 9.72. The minimum atomic E-state index is -0.198. The Morgan fingerprint density at radius 1 is 1.24 bits per heavy atom. The molecule has 1 amide bonds. The molecule has 1 saturated carbocycles. The van der Waals surface area contributed by atoms with Gasteiger partial charge >= 0.3 is 0 Å². The van der Waals surface area contributed by atoms with Crippen molar-refractivity contribution >= 4 is 5.91 Å². The molecule has 134 valence electrons. The molecule has 1 aromatic heterocycles. The van der Waals surface area contributed by atoms with Crippen molar-refractivity contribution in [3.8, 4) is 0 Å². The number of hydrogen-bond acceptors (Lipinski definition) is 4. The second-order valence-electron chi connectivity index (χ2n) is 6.63. The molecule has 0 bridgehead atoms. The summed E-state index contributed by atoms with van der Waals surface area (Å²) in [5, 5.41) is 3.28. The summed E-state index contributed by atoms with van der Waals surface area (Å²) in [5.74, 6) is 0.900. The molecular formula is C20H26N2O3. The van der Waals surface area contributed by atoms with E-state index in [2.05, 4.69) is 22.3 Å². The van der Waals surface area contributed by atoms with Crippen molar-refractivity contribution in [3.63, 3.8) is 0 Å². The van der Waals surface area contributed by atoms with E-state index in [0.717, 1.165) is 25.0 Å². The molecule has 1 N–H and O–H groups in total. The van der Waals surface area contributed by atoms with Gasteiger partial charge in [0.15, 0.2) is 0 Å². The molecule has 1 heterocycles. The van der Waals surface area contributed by atoms with Crippen LogP contribution >= 0.6 is 0 Å². The molecule has 25 heavy (non-hydrogen) atoms. The first kappa shape index (κ1) is 17.7. The zero-order valence-electron chi connectivity index (χ0n) is 14.7. The lowest BCUT2D eigenvalue weighted by Gasteiger charge is -2.43. The number of carbonyl (C=O) groups is 1. The molecule has 5 nitrogen and oxygen atoms in total. The van der Waals surface area contributed by atoms with E-state index in [-0.39, 0.29) is 11.4 Å². The molecule has 1 fully saturated rings. The Kier molecular flexibility index (Phi) is 5.89. The molecule has 5 heteroatoms. The Morgan fingerprint density at radius 3 is 2.64 bits per heavy atom. The summed E-state index contributed by atoms with van der Waals surface area (Å²) < 4.78 is 10.6. The van der Waals surface area contributed by atoms with Gasteiger partial charge in [-0.15, -0.1) is 0 Å². The summed E-state index contributed by atoms with van der Waals surface area (Å²) in [6.45, 7) is 2.20. The van der Waals surface area contributed by atoms with E-state index >= 15 is 0 Å². The van der Waals surface area contributed by atoms with Crippen molar-refractivity contribution < 1.29 is 13.9 Å². The largest absolute Gasteiger partial charge is 0.468 e. The van der Waals surface area contributed by atoms with Gasteiger partial charge in [0.25, 0.3) is 0 Å². The summed E-state index contributed by atoms with van der Waals surface area (Å²) in [5.41, 5.74) is 1.000. The van der Waals surface area contributed by atoms with E-state index in [1.807, 2.05) is 30.3 Å². The molecule has 0 aliphatic heterocycles. The van der Waals surface area contributed by atoms with Crippen LogP contribution in [0, 0.1) is 0 Å². The van der Waals surface area contributed by atoms with Crippen molar-refractivity contribution in [2.75, 3.05) is 26.8 Å². The second-order valence-corrected chi connectivity index (χ2v) is 6.63. The lowest BCUT2D eigenvalue weighted by Crippen LogP contribution is -2.53. The molecular weight excluding hydrogens is 316 g/mol. The zero-order valence-corrected chi connectivity index (χ0v) is 14.7. The first-order valence-corrected chi connectivity index (χ1v) is 8.82. The Hall–Kier alpha value is -2.11. The molecule has 3 rings (SSSR count). The van der Waals surface area contributed by atoms with Crippen molar-refractivity contribution in [3.05, 3.63) is 60.1 Å². The highest BCUT2D eigenvalue weighted by molar-refractivity contribution is 5.79. The standard InChI is InChI=1S/C20H26N2O3/c1-24-14-12-22(15-18-9-5-13-25-18)16-19(23)21-20(10-6-11-20)17-7-3-2-4-8-17/h2-5,7-9,13H,6,10-12,14-16H2,1H3,(H,21,23). The van der Waals surface area contributed by atoms with Gasteiger partial charge in [-0.2, -0.15) is 0 Å². The van der Waals surface area contributed by atoms with Gasteiger partial charge in [-0.05, 0) is 37.0 Å². The van der Waals surface area contributed by atoms with Crippen LogP contribution in [-0.4, -0.2) is 37.6 Å². The molecule has 0 atom stereocenters. The van der Waals surface area contributed by atoms with Crippen LogP contribution in [0.5, 0.6) is 0 Å². The van der Waals surface area contributed by atoms with E-state index in [4.69, 9.17) is 9.15 Å². The van der Waals surface area contributed by atoms with E-state index < -0.39 is 0 Å². The summed E-state index contributed by atoms with van der Waals surface area (Å²) in [6, 6.07) is 14.1. The summed E-state index contributed by atoms with van der Waals surface area (Å²) in [7, 11) is 1.67. The first-order chi connectivity index (χ1) is 12.2. The van der Waals surface area contributed by atoms with Crippen molar-refractivity contribution in [1.29, 1.82) is 0 Å². The van der Waals surface area contributed by atoms with E-state index in [1.54, 1.807) is 13.4 Å². The van der Waals surface area contributed by atoms with E-state index in [0.29, 0.717) is 26.2 Å². The Balaban J connectivity index is 1.62. The maximum atomic E-state index is 12.7. The van der Waals surface area contributed by atoms with Crippen LogP contribution in [0.1, 0.15) is 30.6 Å². The summed E-state index contributed by atoms with van der Waals surface area (Å²) >= 11 is 0. The SMILES string of the molecule is COCCN(CC(=O)NC1(c2ccccc2)CCC1)Cc1ccco1. The number of nitrogens with zero attached hydrogens (tertiary/aromatic N) is 1. The highest BCUT2D eigenvalue weighted by Gasteiger charge is 2.39. The molecule has 1 aliphatic carbocycles. The molecule has 0 radical (unpaired) electrons. The Labute approximate surface area is 149 Å². The van der Waals surface area contributed by atoms with Gasteiger partial charge in [0, 0.05) is 13.7 Å². The predicted octanol–water partition coefficient (Wildman–Crippen LogP) is 2.92. The van der Waals surface area contributed by atoms with Crippen molar-refractivity contribution in [2.45, 2.75) is 31.3 Å². The fourth-order valence-corrected chi connectivity index (χ4v) is 3.34. The highest BCUT2D eigenvalue weighted by atomic mass is 16.5. The van der Waals surface area contributed by atoms with Crippen LogP contribution in [0.25, 0.3) is 0 Å². The maximum Gasteiger partial charge on any atom is 0.234 e. The smallest absolute Gasteiger partial charge is 0.234 e. The van der Waals surface area contributed by atoms with Crippen LogP contribution in [0.3, 0.4) is 0 Å². The zero-order chi connectivity index (χ0) is 17.5. The number of amides is 1. The Morgan fingerprint density at radius 2 is 2.04 bits per heavy atom. The number of hydrogen-bond donors (Lipinski definition) is 1. The van der Waals surface area contributed by atoms with E-state index in [1.165, 1.54) is 5.56 Å². The fraction of sp³-hybridized carbons (Fsp3) is 0.450. The number of rotatable bonds is 9. The minimum Gasteiger partial charge on any atom is -0.468 e. The first-order valence-electron chi connectivity index (χ1n) is 8.82. The van der Waals surface area contributed by atoms with Crippen molar-refractivity contribution in [1.82, 2.24) is 10.2 Å². The van der Waals surface area contributed by atoms with Crippen LogP contribution in [-0.2, 0) is 21.6 Å². The van der Waals surface area contributed by atoms with Gasteiger partial charge < -0.3 is 14.5 Å². The van der Waals surface area contributed by atoms with Crippen molar-refractivity contribution in [2.24, 2.45) is 0 Å².